The minimum absolute atomic E-state index is 0.101. The van der Waals surface area contributed by atoms with Gasteiger partial charge in [-0.1, -0.05) is 20.8 Å². The van der Waals surface area contributed by atoms with E-state index in [2.05, 4.69) is 41.9 Å². The van der Waals surface area contributed by atoms with Crippen LogP contribution in [0.1, 0.15) is 26.3 Å². The first-order chi connectivity index (χ1) is 7.07. The monoisotopic (exact) mass is 202 g/mol. The molecular weight excluding hydrogens is 188 g/mol. The summed E-state index contributed by atoms with van der Waals surface area (Å²) in [6, 6.07) is 2.08. The zero-order chi connectivity index (χ0) is 10.9. The lowest BCUT2D eigenvalue weighted by Crippen LogP contribution is -2.12. The van der Waals surface area contributed by atoms with Crippen molar-refractivity contribution in [3.05, 3.63) is 36.7 Å². The summed E-state index contributed by atoms with van der Waals surface area (Å²) in [6.07, 6.45) is 6.86. The number of pyridine rings is 1. The molecule has 2 rings (SSSR count). The molecule has 0 aliphatic heterocycles. The van der Waals surface area contributed by atoms with Crippen LogP contribution in [-0.4, -0.2) is 19.7 Å². The van der Waals surface area contributed by atoms with E-state index in [1.165, 1.54) is 11.9 Å². The van der Waals surface area contributed by atoms with Crippen LogP contribution in [0.2, 0.25) is 0 Å². The second kappa shape index (κ2) is 3.46. The van der Waals surface area contributed by atoms with Crippen LogP contribution in [0.25, 0.3) is 5.69 Å². The average molecular weight is 202 g/mol. The Morgan fingerprint density at radius 2 is 1.93 bits per heavy atom. The number of hydrogen-bond acceptors (Lipinski definition) is 3. The summed E-state index contributed by atoms with van der Waals surface area (Å²) in [5.74, 6) is 0. The summed E-state index contributed by atoms with van der Waals surface area (Å²) in [6.45, 7) is 6.49. The van der Waals surface area contributed by atoms with Gasteiger partial charge in [-0.2, -0.15) is 5.10 Å². The molecule has 0 N–H and O–H groups in total. The summed E-state index contributed by atoms with van der Waals surface area (Å²) in [7, 11) is 0. The highest BCUT2D eigenvalue weighted by atomic mass is 15.3. The van der Waals surface area contributed by atoms with E-state index in [1.54, 1.807) is 17.2 Å². The van der Waals surface area contributed by atoms with Crippen LogP contribution in [0, 0.1) is 0 Å². The first kappa shape index (κ1) is 9.83. The van der Waals surface area contributed by atoms with Gasteiger partial charge in [-0.3, -0.25) is 4.98 Å². The van der Waals surface area contributed by atoms with Crippen molar-refractivity contribution in [3.8, 4) is 5.69 Å². The van der Waals surface area contributed by atoms with E-state index in [0.29, 0.717) is 0 Å². The van der Waals surface area contributed by atoms with E-state index in [4.69, 9.17) is 0 Å². The van der Waals surface area contributed by atoms with Gasteiger partial charge in [0, 0.05) is 6.20 Å². The summed E-state index contributed by atoms with van der Waals surface area (Å²) in [4.78, 5) is 8.13. The van der Waals surface area contributed by atoms with Gasteiger partial charge in [0.2, 0.25) is 0 Å². The fourth-order valence-electron chi connectivity index (χ4n) is 1.30. The Kier molecular flexibility index (Phi) is 2.26. The molecule has 0 bridgehead atoms. The van der Waals surface area contributed by atoms with Crippen LogP contribution in [0.3, 0.4) is 0 Å². The van der Waals surface area contributed by atoms with Gasteiger partial charge in [-0.15, -0.1) is 0 Å². The molecule has 78 valence electrons. The first-order valence-electron chi connectivity index (χ1n) is 4.88. The zero-order valence-electron chi connectivity index (χ0n) is 9.18. The van der Waals surface area contributed by atoms with Crippen molar-refractivity contribution in [2.24, 2.45) is 0 Å². The van der Waals surface area contributed by atoms with E-state index in [0.717, 1.165) is 5.69 Å². The van der Waals surface area contributed by atoms with E-state index in [1.807, 2.05) is 6.20 Å². The molecule has 0 radical (unpaired) electrons. The van der Waals surface area contributed by atoms with Crippen molar-refractivity contribution in [1.29, 1.82) is 0 Å². The van der Waals surface area contributed by atoms with Crippen LogP contribution in [-0.2, 0) is 5.41 Å². The number of rotatable bonds is 1. The molecule has 0 saturated heterocycles. The van der Waals surface area contributed by atoms with E-state index < -0.39 is 0 Å². The fourth-order valence-corrected chi connectivity index (χ4v) is 1.30. The Morgan fingerprint density at radius 1 is 1.13 bits per heavy atom. The molecular formula is C11H14N4. The second-order valence-corrected chi connectivity index (χ2v) is 4.52. The SMILES string of the molecule is CC(C)(C)c1cncc(-n2cncn2)c1. The lowest BCUT2D eigenvalue weighted by molar-refractivity contribution is 0.586. The Hall–Kier alpha value is -1.71. The number of hydrogen-bond donors (Lipinski definition) is 0. The van der Waals surface area contributed by atoms with Gasteiger partial charge < -0.3 is 0 Å². The normalized spacial score (nSPS) is 11.7. The molecule has 0 unspecified atom stereocenters. The van der Waals surface area contributed by atoms with Gasteiger partial charge in [0.15, 0.2) is 0 Å². The molecule has 15 heavy (non-hydrogen) atoms. The summed E-state index contributed by atoms with van der Waals surface area (Å²) in [5, 5.41) is 4.08. The van der Waals surface area contributed by atoms with E-state index in [9.17, 15) is 0 Å². The maximum atomic E-state index is 4.22. The van der Waals surface area contributed by atoms with Gasteiger partial charge in [-0.05, 0) is 17.0 Å². The molecule has 0 atom stereocenters. The van der Waals surface area contributed by atoms with Crippen molar-refractivity contribution in [3.63, 3.8) is 0 Å². The zero-order valence-corrected chi connectivity index (χ0v) is 9.18. The van der Waals surface area contributed by atoms with E-state index in [-0.39, 0.29) is 5.41 Å². The van der Waals surface area contributed by atoms with E-state index >= 15 is 0 Å². The molecule has 0 aliphatic rings. The molecule has 4 heteroatoms. The van der Waals surface area contributed by atoms with Crippen molar-refractivity contribution in [2.75, 3.05) is 0 Å². The lowest BCUT2D eigenvalue weighted by atomic mass is 9.88. The third-order valence-electron chi connectivity index (χ3n) is 2.27. The molecule has 2 aromatic rings. The minimum atomic E-state index is 0.101. The predicted molar refractivity (Wildman–Crippen MR) is 57.9 cm³/mol. The quantitative estimate of drug-likeness (QED) is 0.710. The first-order valence-corrected chi connectivity index (χ1v) is 4.88. The number of nitrogens with zero attached hydrogens (tertiary/aromatic N) is 4. The maximum absolute atomic E-state index is 4.22. The summed E-state index contributed by atoms with van der Waals surface area (Å²) in [5.41, 5.74) is 2.24. The van der Waals surface area contributed by atoms with Gasteiger partial charge in [0.25, 0.3) is 0 Å². The van der Waals surface area contributed by atoms with Crippen LogP contribution in [0.15, 0.2) is 31.1 Å². The van der Waals surface area contributed by atoms with Gasteiger partial charge >= 0.3 is 0 Å². The Bertz CT molecular complexity index is 440. The fraction of sp³-hybridized carbons (Fsp3) is 0.364. The topological polar surface area (TPSA) is 43.6 Å². The molecule has 2 heterocycles. The van der Waals surface area contributed by atoms with Crippen LogP contribution >= 0.6 is 0 Å². The highest BCUT2D eigenvalue weighted by molar-refractivity contribution is 5.33. The summed E-state index contributed by atoms with van der Waals surface area (Å²) >= 11 is 0. The summed E-state index contributed by atoms with van der Waals surface area (Å²) < 4.78 is 1.71. The van der Waals surface area contributed by atoms with Gasteiger partial charge in [-0.25, -0.2) is 9.67 Å². The molecule has 0 saturated carbocycles. The highest BCUT2D eigenvalue weighted by Gasteiger charge is 2.14. The molecule has 0 aromatic carbocycles. The smallest absolute Gasteiger partial charge is 0.138 e. The molecule has 0 aliphatic carbocycles. The molecule has 0 amide bonds. The van der Waals surface area contributed by atoms with Gasteiger partial charge in [0.1, 0.15) is 12.7 Å². The highest BCUT2D eigenvalue weighted by Crippen LogP contribution is 2.22. The van der Waals surface area contributed by atoms with Crippen LogP contribution in [0.4, 0.5) is 0 Å². The third kappa shape index (κ3) is 2.03. The number of aromatic nitrogens is 4. The Morgan fingerprint density at radius 3 is 2.53 bits per heavy atom. The lowest BCUT2D eigenvalue weighted by Gasteiger charge is -2.18. The Balaban J connectivity index is 2.44. The maximum Gasteiger partial charge on any atom is 0.138 e. The van der Waals surface area contributed by atoms with Crippen molar-refractivity contribution >= 4 is 0 Å². The molecule has 0 spiro atoms. The Labute approximate surface area is 89.0 Å². The molecule has 4 nitrogen and oxygen atoms in total. The standard InChI is InChI=1S/C11H14N4/c1-11(2,3)9-4-10(6-12-5-9)15-8-13-7-14-15/h4-8H,1-3H3. The minimum Gasteiger partial charge on any atom is -0.262 e. The van der Waals surface area contributed by atoms with Crippen LogP contribution < -0.4 is 0 Å². The molecule has 2 aromatic heterocycles. The van der Waals surface area contributed by atoms with Crippen molar-refractivity contribution in [2.45, 2.75) is 26.2 Å². The van der Waals surface area contributed by atoms with Crippen LogP contribution in [0.5, 0.6) is 0 Å². The largest absolute Gasteiger partial charge is 0.262 e. The van der Waals surface area contributed by atoms with Gasteiger partial charge in [0.05, 0.1) is 11.9 Å². The average Bonchev–Trinajstić information content (AvgIpc) is 2.69. The predicted octanol–water partition coefficient (Wildman–Crippen LogP) is 1.96. The van der Waals surface area contributed by atoms with Crippen molar-refractivity contribution < 1.29 is 0 Å². The van der Waals surface area contributed by atoms with Crippen molar-refractivity contribution in [1.82, 2.24) is 19.7 Å². The molecule has 0 fully saturated rings. The third-order valence-corrected chi connectivity index (χ3v) is 2.27. The second-order valence-electron chi connectivity index (χ2n) is 4.52.